The van der Waals surface area contributed by atoms with Gasteiger partial charge in [-0.15, -0.1) is 0 Å². The van der Waals surface area contributed by atoms with E-state index < -0.39 is 0 Å². The minimum Gasteiger partial charge on any atom is -0.315 e. The van der Waals surface area contributed by atoms with Crippen LogP contribution in [0.5, 0.6) is 0 Å². The maximum atomic E-state index is 3.56. The molecule has 0 bridgehead atoms. The molecule has 2 heterocycles. The summed E-state index contributed by atoms with van der Waals surface area (Å²) < 4.78 is 0. The molecule has 2 fully saturated rings. The van der Waals surface area contributed by atoms with Gasteiger partial charge in [-0.25, -0.2) is 0 Å². The molecule has 0 radical (unpaired) electrons. The van der Waals surface area contributed by atoms with E-state index in [2.05, 4.69) is 36.0 Å². The number of hydrogen-bond acceptors (Lipinski definition) is 3. The van der Waals surface area contributed by atoms with E-state index in [4.69, 9.17) is 0 Å². The lowest BCUT2D eigenvalue weighted by Crippen LogP contribution is -2.56. The molecular formula is C16H33N3. The number of nitrogens with one attached hydrogen (secondary N) is 1. The SMILES string of the molecule is CCCC(CNCC)N1CCC2C(CCCN2C)C1. The predicted octanol–water partition coefficient (Wildman–Crippen LogP) is 2.18. The second-order valence-electron chi connectivity index (χ2n) is 6.48. The van der Waals surface area contributed by atoms with Crippen molar-refractivity contribution in [2.24, 2.45) is 5.92 Å². The molecule has 0 saturated carbocycles. The van der Waals surface area contributed by atoms with Crippen LogP contribution in [0.4, 0.5) is 0 Å². The van der Waals surface area contributed by atoms with E-state index in [1.165, 1.54) is 58.3 Å². The van der Waals surface area contributed by atoms with Crippen molar-refractivity contribution in [2.75, 3.05) is 39.8 Å². The standard InChI is InChI=1S/C16H33N3/c1-4-7-15(12-17-5-2)19-11-9-16-14(13-19)8-6-10-18(16)3/h14-17H,4-13H2,1-3H3. The van der Waals surface area contributed by atoms with Crippen LogP contribution in [0.1, 0.15) is 46.0 Å². The third kappa shape index (κ3) is 3.93. The van der Waals surface area contributed by atoms with Crippen molar-refractivity contribution in [1.82, 2.24) is 15.1 Å². The molecule has 3 atom stereocenters. The molecule has 3 nitrogen and oxygen atoms in total. The Bertz CT molecular complexity index is 256. The summed E-state index contributed by atoms with van der Waals surface area (Å²) in [6.07, 6.45) is 6.89. The number of likely N-dealkylation sites (N-methyl/N-ethyl adjacent to an activating group) is 1. The summed E-state index contributed by atoms with van der Waals surface area (Å²) >= 11 is 0. The van der Waals surface area contributed by atoms with Gasteiger partial charge in [0.15, 0.2) is 0 Å². The Morgan fingerprint density at radius 1 is 1.21 bits per heavy atom. The van der Waals surface area contributed by atoms with E-state index in [1.54, 1.807) is 0 Å². The van der Waals surface area contributed by atoms with Crippen molar-refractivity contribution in [1.29, 1.82) is 0 Å². The van der Waals surface area contributed by atoms with Gasteiger partial charge in [0.2, 0.25) is 0 Å². The number of nitrogens with zero attached hydrogens (tertiary/aromatic N) is 2. The molecule has 0 amide bonds. The Labute approximate surface area is 119 Å². The van der Waals surface area contributed by atoms with Gasteiger partial charge in [0.1, 0.15) is 0 Å². The first-order valence-electron chi connectivity index (χ1n) is 8.41. The number of piperidine rings is 2. The van der Waals surface area contributed by atoms with Crippen LogP contribution in [-0.4, -0.2) is 61.7 Å². The molecular weight excluding hydrogens is 234 g/mol. The van der Waals surface area contributed by atoms with Gasteiger partial charge in [-0.3, -0.25) is 4.90 Å². The maximum Gasteiger partial charge on any atom is 0.0220 e. The Morgan fingerprint density at radius 3 is 2.79 bits per heavy atom. The van der Waals surface area contributed by atoms with Crippen LogP contribution in [0.25, 0.3) is 0 Å². The molecule has 2 rings (SSSR count). The zero-order valence-corrected chi connectivity index (χ0v) is 13.2. The first kappa shape index (κ1) is 15.3. The van der Waals surface area contributed by atoms with Crippen LogP contribution in [0.15, 0.2) is 0 Å². The van der Waals surface area contributed by atoms with Crippen LogP contribution in [0.3, 0.4) is 0 Å². The number of likely N-dealkylation sites (tertiary alicyclic amines) is 2. The highest BCUT2D eigenvalue weighted by atomic mass is 15.2. The predicted molar refractivity (Wildman–Crippen MR) is 82.6 cm³/mol. The fourth-order valence-corrected chi connectivity index (χ4v) is 4.07. The first-order valence-corrected chi connectivity index (χ1v) is 8.41. The Kier molecular flexibility index (Phi) is 6.11. The van der Waals surface area contributed by atoms with Crippen molar-refractivity contribution in [3.8, 4) is 0 Å². The lowest BCUT2D eigenvalue weighted by molar-refractivity contribution is 0.0183. The molecule has 2 aliphatic rings. The molecule has 2 saturated heterocycles. The molecule has 0 aromatic rings. The average molecular weight is 267 g/mol. The van der Waals surface area contributed by atoms with E-state index >= 15 is 0 Å². The van der Waals surface area contributed by atoms with E-state index in [9.17, 15) is 0 Å². The molecule has 0 aliphatic carbocycles. The van der Waals surface area contributed by atoms with Crippen LogP contribution in [0.2, 0.25) is 0 Å². The molecule has 0 aromatic heterocycles. The van der Waals surface area contributed by atoms with Gasteiger partial charge in [0.25, 0.3) is 0 Å². The summed E-state index contributed by atoms with van der Waals surface area (Å²) in [5.74, 6) is 0.925. The first-order chi connectivity index (χ1) is 9.26. The van der Waals surface area contributed by atoms with Crippen LogP contribution in [-0.2, 0) is 0 Å². The monoisotopic (exact) mass is 267 g/mol. The van der Waals surface area contributed by atoms with Gasteiger partial charge in [-0.05, 0) is 58.3 Å². The molecule has 19 heavy (non-hydrogen) atoms. The zero-order valence-electron chi connectivity index (χ0n) is 13.2. The van der Waals surface area contributed by atoms with Gasteiger partial charge in [-0.2, -0.15) is 0 Å². The van der Waals surface area contributed by atoms with E-state index in [-0.39, 0.29) is 0 Å². The fraction of sp³-hybridized carbons (Fsp3) is 1.00. The Balaban J connectivity index is 1.90. The third-order valence-electron chi connectivity index (χ3n) is 5.15. The summed E-state index contributed by atoms with van der Waals surface area (Å²) in [7, 11) is 2.33. The molecule has 1 N–H and O–H groups in total. The van der Waals surface area contributed by atoms with Gasteiger partial charge >= 0.3 is 0 Å². The number of rotatable bonds is 6. The Hall–Kier alpha value is -0.120. The van der Waals surface area contributed by atoms with E-state index in [1.807, 2.05) is 0 Å². The van der Waals surface area contributed by atoms with Gasteiger partial charge in [0, 0.05) is 25.2 Å². The van der Waals surface area contributed by atoms with Crippen molar-refractivity contribution in [3.05, 3.63) is 0 Å². The third-order valence-corrected chi connectivity index (χ3v) is 5.15. The van der Waals surface area contributed by atoms with Crippen LogP contribution >= 0.6 is 0 Å². The quantitative estimate of drug-likeness (QED) is 0.796. The lowest BCUT2D eigenvalue weighted by atomic mass is 9.83. The summed E-state index contributed by atoms with van der Waals surface area (Å²) in [5, 5.41) is 3.56. The van der Waals surface area contributed by atoms with Gasteiger partial charge in [-0.1, -0.05) is 20.3 Å². The van der Waals surface area contributed by atoms with Gasteiger partial charge < -0.3 is 10.2 Å². The van der Waals surface area contributed by atoms with E-state index in [0.717, 1.165) is 24.5 Å². The summed E-state index contributed by atoms with van der Waals surface area (Å²) in [4.78, 5) is 5.40. The minimum atomic E-state index is 0.762. The summed E-state index contributed by atoms with van der Waals surface area (Å²) in [6.45, 7) is 10.8. The maximum absolute atomic E-state index is 3.56. The number of fused-ring (bicyclic) bond motifs is 1. The van der Waals surface area contributed by atoms with Crippen LogP contribution < -0.4 is 5.32 Å². The van der Waals surface area contributed by atoms with Gasteiger partial charge in [0.05, 0.1) is 0 Å². The summed E-state index contributed by atoms with van der Waals surface area (Å²) in [6, 6.07) is 1.63. The Morgan fingerprint density at radius 2 is 2.05 bits per heavy atom. The highest BCUT2D eigenvalue weighted by Gasteiger charge is 2.35. The number of hydrogen-bond donors (Lipinski definition) is 1. The normalized spacial score (nSPS) is 31.1. The minimum absolute atomic E-state index is 0.762. The molecule has 112 valence electrons. The molecule has 3 unspecified atom stereocenters. The van der Waals surface area contributed by atoms with Crippen molar-refractivity contribution in [2.45, 2.75) is 58.0 Å². The largest absolute Gasteiger partial charge is 0.315 e. The molecule has 2 aliphatic heterocycles. The van der Waals surface area contributed by atoms with Crippen LogP contribution in [0, 0.1) is 5.92 Å². The van der Waals surface area contributed by atoms with E-state index in [0.29, 0.717) is 0 Å². The molecule has 3 heteroatoms. The second-order valence-corrected chi connectivity index (χ2v) is 6.48. The fourth-order valence-electron chi connectivity index (χ4n) is 4.07. The second kappa shape index (κ2) is 7.61. The lowest BCUT2D eigenvalue weighted by Gasteiger charge is -2.48. The highest BCUT2D eigenvalue weighted by Crippen LogP contribution is 2.30. The zero-order chi connectivity index (χ0) is 13.7. The topological polar surface area (TPSA) is 18.5 Å². The molecule has 0 aromatic carbocycles. The molecule has 0 spiro atoms. The average Bonchev–Trinajstić information content (AvgIpc) is 2.43. The van der Waals surface area contributed by atoms with Crippen molar-refractivity contribution >= 4 is 0 Å². The highest BCUT2D eigenvalue weighted by molar-refractivity contribution is 4.91. The smallest absolute Gasteiger partial charge is 0.0220 e. The van der Waals surface area contributed by atoms with Crippen molar-refractivity contribution in [3.63, 3.8) is 0 Å². The summed E-state index contributed by atoms with van der Waals surface area (Å²) in [5.41, 5.74) is 0. The van der Waals surface area contributed by atoms with Crippen molar-refractivity contribution < 1.29 is 0 Å².